The van der Waals surface area contributed by atoms with Gasteiger partial charge in [0.15, 0.2) is 0 Å². The second-order valence-corrected chi connectivity index (χ2v) is 9.62. The first-order valence-electron chi connectivity index (χ1n) is 9.37. The zero-order chi connectivity index (χ0) is 17.7. The number of aliphatic hydroxyl groups is 1. The molecule has 0 amide bonds. The van der Waals surface area contributed by atoms with Crippen LogP contribution in [0.1, 0.15) is 49.7 Å². The largest absolute Gasteiger partial charge is 0.496 e. The highest BCUT2D eigenvalue weighted by atomic mass is 32.2. The molecule has 25 heavy (non-hydrogen) atoms. The highest BCUT2D eigenvalue weighted by Gasteiger charge is 2.49. The van der Waals surface area contributed by atoms with Crippen molar-refractivity contribution in [3.8, 4) is 5.75 Å². The Morgan fingerprint density at radius 3 is 2.36 bits per heavy atom. The summed E-state index contributed by atoms with van der Waals surface area (Å²) in [6.07, 6.45) is 7.05. The summed E-state index contributed by atoms with van der Waals surface area (Å²) in [5.74, 6) is 1.06. The third kappa shape index (κ3) is 2.98. The molecule has 4 rings (SSSR count). The summed E-state index contributed by atoms with van der Waals surface area (Å²) >= 11 is 0. The van der Waals surface area contributed by atoms with E-state index in [1.807, 2.05) is 0 Å². The Labute approximate surface area is 150 Å². The highest BCUT2D eigenvalue weighted by molar-refractivity contribution is 7.89. The molecule has 0 radical (unpaired) electrons. The minimum atomic E-state index is -3.48. The average molecular weight is 365 g/mol. The van der Waals surface area contributed by atoms with Gasteiger partial charge in [-0.3, -0.25) is 0 Å². The molecule has 2 fully saturated rings. The Kier molecular flexibility index (Phi) is 4.33. The van der Waals surface area contributed by atoms with Crippen molar-refractivity contribution >= 4 is 10.0 Å². The minimum Gasteiger partial charge on any atom is -0.496 e. The van der Waals surface area contributed by atoms with E-state index in [2.05, 4.69) is 0 Å². The van der Waals surface area contributed by atoms with Crippen molar-refractivity contribution in [3.05, 3.63) is 23.3 Å². The van der Waals surface area contributed by atoms with Crippen molar-refractivity contribution in [2.75, 3.05) is 20.2 Å². The molecule has 0 spiro atoms. The zero-order valence-electron chi connectivity index (χ0n) is 14.8. The number of ether oxygens (including phenoxy) is 1. The van der Waals surface area contributed by atoms with Gasteiger partial charge in [0.1, 0.15) is 5.75 Å². The van der Waals surface area contributed by atoms with E-state index in [-0.39, 0.29) is 5.92 Å². The molecule has 0 atom stereocenters. The second-order valence-electron chi connectivity index (χ2n) is 7.71. The molecule has 3 aliphatic rings. The molecular weight excluding hydrogens is 338 g/mol. The lowest BCUT2D eigenvalue weighted by Gasteiger charge is -2.34. The van der Waals surface area contributed by atoms with Crippen LogP contribution in [0.25, 0.3) is 0 Å². The van der Waals surface area contributed by atoms with Crippen LogP contribution < -0.4 is 4.74 Å². The molecule has 2 aliphatic carbocycles. The van der Waals surface area contributed by atoms with Crippen LogP contribution in [0.5, 0.6) is 5.75 Å². The Balaban J connectivity index is 1.61. The molecule has 1 saturated carbocycles. The quantitative estimate of drug-likeness (QED) is 0.890. The van der Waals surface area contributed by atoms with E-state index in [1.165, 1.54) is 0 Å². The van der Waals surface area contributed by atoms with Crippen molar-refractivity contribution in [1.82, 2.24) is 4.31 Å². The summed E-state index contributed by atoms with van der Waals surface area (Å²) in [5.41, 5.74) is 1.51. The van der Waals surface area contributed by atoms with Gasteiger partial charge in [0.25, 0.3) is 0 Å². The molecule has 1 aliphatic heterocycles. The number of rotatable bonds is 4. The van der Waals surface area contributed by atoms with Gasteiger partial charge >= 0.3 is 0 Å². The van der Waals surface area contributed by atoms with Crippen molar-refractivity contribution in [1.29, 1.82) is 0 Å². The van der Waals surface area contributed by atoms with Crippen LogP contribution in [0.4, 0.5) is 0 Å². The van der Waals surface area contributed by atoms with Gasteiger partial charge < -0.3 is 9.84 Å². The van der Waals surface area contributed by atoms with Crippen molar-refractivity contribution in [2.45, 2.75) is 61.9 Å². The maximum absolute atomic E-state index is 13.3. The predicted octanol–water partition coefficient (Wildman–Crippen LogP) is 2.50. The number of piperidine rings is 1. The molecule has 0 bridgehead atoms. The molecule has 5 nitrogen and oxygen atoms in total. The highest BCUT2D eigenvalue weighted by Crippen LogP contribution is 2.47. The van der Waals surface area contributed by atoms with Crippen LogP contribution in [-0.2, 0) is 22.9 Å². The lowest BCUT2D eigenvalue weighted by molar-refractivity contribution is 0.0534. The Bertz CT molecular complexity index is 762. The van der Waals surface area contributed by atoms with Crippen molar-refractivity contribution < 1.29 is 18.3 Å². The molecule has 0 aromatic heterocycles. The number of hydrogen-bond donors (Lipinski definition) is 1. The maximum Gasteiger partial charge on any atom is 0.243 e. The monoisotopic (exact) mass is 365 g/mol. The van der Waals surface area contributed by atoms with Gasteiger partial charge in [-0.05, 0) is 80.5 Å². The summed E-state index contributed by atoms with van der Waals surface area (Å²) in [7, 11) is -1.84. The van der Waals surface area contributed by atoms with Gasteiger partial charge in [-0.15, -0.1) is 0 Å². The Hall–Kier alpha value is -1.11. The summed E-state index contributed by atoms with van der Waals surface area (Å²) in [5, 5.41) is 10.3. The first-order chi connectivity index (χ1) is 12.0. The zero-order valence-corrected chi connectivity index (χ0v) is 15.6. The third-order valence-corrected chi connectivity index (χ3v) is 8.25. The van der Waals surface area contributed by atoms with Crippen LogP contribution >= 0.6 is 0 Å². The van der Waals surface area contributed by atoms with Crippen LogP contribution in [-0.4, -0.2) is 43.6 Å². The van der Waals surface area contributed by atoms with Crippen LogP contribution in [0, 0.1) is 5.92 Å². The molecular formula is C19H27NO4S. The van der Waals surface area contributed by atoms with E-state index in [0.717, 1.165) is 68.2 Å². The smallest absolute Gasteiger partial charge is 0.243 e. The van der Waals surface area contributed by atoms with E-state index >= 15 is 0 Å². The van der Waals surface area contributed by atoms with Gasteiger partial charge in [0.05, 0.1) is 17.6 Å². The topological polar surface area (TPSA) is 66.8 Å². The van der Waals surface area contributed by atoms with E-state index in [4.69, 9.17) is 4.74 Å². The number of nitrogens with zero attached hydrogens (tertiary/aromatic N) is 1. The average Bonchev–Trinajstić information content (AvgIpc) is 3.39. The molecule has 1 heterocycles. The van der Waals surface area contributed by atoms with E-state index < -0.39 is 15.6 Å². The SMILES string of the molecule is COc1ccc(S(=O)(=O)N2CCC(C3(O)CC3)CC2)c2c1CCCC2. The van der Waals surface area contributed by atoms with E-state index in [1.54, 1.807) is 23.5 Å². The van der Waals surface area contributed by atoms with Crippen LogP contribution in [0.15, 0.2) is 17.0 Å². The van der Waals surface area contributed by atoms with Crippen LogP contribution in [0.3, 0.4) is 0 Å². The number of methoxy groups -OCH3 is 1. The molecule has 0 unspecified atom stereocenters. The van der Waals surface area contributed by atoms with Gasteiger partial charge in [-0.2, -0.15) is 4.31 Å². The normalized spacial score (nSPS) is 23.9. The fraction of sp³-hybridized carbons (Fsp3) is 0.684. The van der Waals surface area contributed by atoms with Crippen molar-refractivity contribution in [3.63, 3.8) is 0 Å². The summed E-state index contributed by atoms with van der Waals surface area (Å²) in [4.78, 5) is 0.464. The first-order valence-corrected chi connectivity index (χ1v) is 10.8. The molecule has 1 aromatic carbocycles. The Morgan fingerprint density at radius 1 is 1.12 bits per heavy atom. The fourth-order valence-electron chi connectivity index (χ4n) is 4.54. The molecule has 138 valence electrons. The standard InChI is InChI=1S/C19H27NO4S/c1-24-17-6-7-18(16-5-3-2-4-15(16)17)25(22,23)20-12-8-14(9-13-20)19(21)10-11-19/h6-7,14,21H,2-5,8-13H2,1H3. The second kappa shape index (κ2) is 6.25. The maximum atomic E-state index is 13.3. The van der Waals surface area contributed by atoms with E-state index in [9.17, 15) is 13.5 Å². The fourth-order valence-corrected chi connectivity index (χ4v) is 6.29. The van der Waals surface area contributed by atoms with Crippen LogP contribution in [0.2, 0.25) is 0 Å². The summed E-state index contributed by atoms with van der Waals surface area (Å²) in [6, 6.07) is 3.52. The number of hydrogen-bond acceptors (Lipinski definition) is 4. The third-order valence-electron chi connectivity index (χ3n) is 6.26. The van der Waals surface area contributed by atoms with Gasteiger partial charge in [0.2, 0.25) is 10.0 Å². The first kappa shape index (κ1) is 17.3. The predicted molar refractivity (Wildman–Crippen MR) is 95.3 cm³/mol. The number of fused-ring (bicyclic) bond motifs is 1. The number of benzene rings is 1. The lowest BCUT2D eigenvalue weighted by Crippen LogP contribution is -2.42. The summed E-state index contributed by atoms with van der Waals surface area (Å²) in [6.45, 7) is 1.02. The number of sulfonamides is 1. The molecule has 1 saturated heterocycles. The van der Waals surface area contributed by atoms with E-state index in [0.29, 0.717) is 18.0 Å². The van der Waals surface area contributed by atoms with Gasteiger partial charge in [-0.25, -0.2) is 8.42 Å². The Morgan fingerprint density at radius 2 is 1.76 bits per heavy atom. The summed E-state index contributed by atoms with van der Waals surface area (Å²) < 4.78 is 33.6. The van der Waals surface area contributed by atoms with Gasteiger partial charge in [0, 0.05) is 13.1 Å². The lowest BCUT2D eigenvalue weighted by atomic mass is 9.90. The molecule has 6 heteroatoms. The molecule has 1 aromatic rings. The van der Waals surface area contributed by atoms with Crippen molar-refractivity contribution in [2.24, 2.45) is 5.92 Å². The molecule has 1 N–H and O–H groups in total. The minimum absolute atomic E-state index is 0.253. The van der Waals surface area contributed by atoms with Gasteiger partial charge in [-0.1, -0.05) is 0 Å².